The molecule has 0 N–H and O–H groups in total. The largest absolute Gasteiger partial charge is 0.339 e. The van der Waals surface area contributed by atoms with Crippen molar-refractivity contribution >= 4 is 23.5 Å². The van der Waals surface area contributed by atoms with Crippen molar-refractivity contribution in [3.05, 3.63) is 30.1 Å². The minimum absolute atomic E-state index is 0.101. The van der Waals surface area contributed by atoms with Crippen molar-refractivity contribution in [2.75, 3.05) is 43.0 Å². The van der Waals surface area contributed by atoms with Gasteiger partial charge in [0.25, 0.3) is 0 Å². The average molecular weight is 332 g/mol. The Morgan fingerprint density at radius 3 is 2.33 bits per heavy atom. The van der Waals surface area contributed by atoms with E-state index in [1.807, 2.05) is 28.5 Å². The Labute approximate surface area is 140 Å². The second-order valence-electron chi connectivity index (χ2n) is 5.89. The van der Waals surface area contributed by atoms with Gasteiger partial charge in [-0.2, -0.15) is 0 Å². The molecule has 0 spiro atoms. The molecule has 0 atom stereocenters. The smallest absolute Gasteiger partial charge is 0.232 e. The van der Waals surface area contributed by atoms with Crippen LogP contribution in [-0.4, -0.2) is 58.8 Å². The number of aromatic nitrogens is 3. The van der Waals surface area contributed by atoms with E-state index in [2.05, 4.69) is 15.1 Å². The summed E-state index contributed by atoms with van der Waals surface area (Å²) in [7, 11) is 3.77. The third kappa shape index (κ3) is 3.04. The molecule has 1 saturated heterocycles. The highest BCUT2D eigenvalue weighted by Gasteiger charge is 2.24. The third-order valence-corrected chi connectivity index (χ3v) is 4.35. The zero-order chi connectivity index (χ0) is 17.3. The highest BCUT2D eigenvalue weighted by Crippen LogP contribution is 2.25. The maximum Gasteiger partial charge on any atom is 0.232 e. The van der Waals surface area contributed by atoms with Crippen LogP contribution in [0.5, 0.6) is 0 Å². The van der Waals surface area contributed by atoms with Crippen molar-refractivity contribution in [3.63, 3.8) is 0 Å². The minimum atomic E-state index is -0.269. The summed E-state index contributed by atoms with van der Waals surface area (Å²) in [6.45, 7) is 4.42. The van der Waals surface area contributed by atoms with Crippen molar-refractivity contribution in [2.24, 2.45) is 7.05 Å². The van der Waals surface area contributed by atoms with Gasteiger partial charge < -0.3 is 14.7 Å². The molecule has 1 aromatic heterocycles. The monoisotopic (exact) mass is 332 g/mol. The Morgan fingerprint density at radius 2 is 1.75 bits per heavy atom. The van der Waals surface area contributed by atoms with Gasteiger partial charge in [0.05, 0.1) is 0 Å². The van der Waals surface area contributed by atoms with E-state index in [1.165, 1.54) is 12.1 Å². The zero-order valence-corrected chi connectivity index (χ0v) is 14.1. The van der Waals surface area contributed by atoms with E-state index >= 15 is 0 Å². The van der Waals surface area contributed by atoms with Crippen LogP contribution in [0.15, 0.2) is 24.3 Å². The predicted molar refractivity (Wildman–Crippen MR) is 89.9 cm³/mol. The number of nitrogens with zero attached hydrogens (tertiary/aromatic N) is 6. The first-order valence-electron chi connectivity index (χ1n) is 7.86. The number of rotatable bonds is 3. The molecule has 0 radical (unpaired) electrons. The van der Waals surface area contributed by atoms with E-state index in [4.69, 9.17) is 0 Å². The van der Waals surface area contributed by atoms with Crippen molar-refractivity contribution < 1.29 is 9.18 Å². The predicted octanol–water partition coefficient (Wildman–Crippen LogP) is 1.39. The SMILES string of the molecule is CC(=O)N1CCN(c2nnc(N(C)c3ccc(F)cc3)n2C)CC1. The molecule has 0 saturated carbocycles. The van der Waals surface area contributed by atoms with Gasteiger partial charge in [-0.05, 0) is 24.3 Å². The molecule has 8 heteroatoms. The molecule has 2 heterocycles. The van der Waals surface area contributed by atoms with Crippen LogP contribution < -0.4 is 9.80 Å². The number of amides is 1. The fraction of sp³-hybridized carbons (Fsp3) is 0.438. The number of halogens is 1. The fourth-order valence-corrected chi connectivity index (χ4v) is 2.88. The lowest BCUT2D eigenvalue weighted by molar-refractivity contribution is -0.129. The van der Waals surface area contributed by atoms with E-state index in [-0.39, 0.29) is 11.7 Å². The van der Waals surface area contributed by atoms with Gasteiger partial charge in [-0.1, -0.05) is 0 Å². The fourth-order valence-electron chi connectivity index (χ4n) is 2.88. The van der Waals surface area contributed by atoms with Gasteiger partial charge in [-0.15, -0.1) is 10.2 Å². The van der Waals surface area contributed by atoms with E-state index in [1.54, 1.807) is 19.1 Å². The lowest BCUT2D eigenvalue weighted by Crippen LogP contribution is -2.48. The summed E-state index contributed by atoms with van der Waals surface area (Å²) in [5.74, 6) is 1.27. The number of hydrogen-bond donors (Lipinski definition) is 0. The number of hydrogen-bond acceptors (Lipinski definition) is 5. The van der Waals surface area contributed by atoms with Crippen LogP contribution in [0.3, 0.4) is 0 Å². The highest BCUT2D eigenvalue weighted by molar-refractivity contribution is 5.73. The Morgan fingerprint density at radius 1 is 1.12 bits per heavy atom. The van der Waals surface area contributed by atoms with Gasteiger partial charge in [0.15, 0.2) is 0 Å². The summed E-state index contributed by atoms with van der Waals surface area (Å²) in [4.78, 5) is 17.2. The van der Waals surface area contributed by atoms with E-state index in [9.17, 15) is 9.18 Å². The van der Waals surface area contributed by atoms with Gasteiger partial charge in [0.1, 0.15) is 5.82 Å². The van der Waals surface area contributed by atoms with Crippen LogP contribution in [0, 0.1) is 5.82 Å². The molecule has 0 unspecified atom stereocenters. The van der Waals surface area contributed by atoms with E-state index in [0.29, 0.717) is 19.0 Å². The summed E-state index contributed by atoms with van der Waals surface area (Å²) in [6.07, 6.45) is 0. The lowest BCUT2D eigenvalue weighted by atomic mass is 10.3. The topological polar surface area (TPSA) is 57.5 Å². The van der Waals surface area contributed by atoms with Crippen molar-refractivity contribution in [3.8, 4) is 0 Å². The number of benzene rings is 1. The molecule has 1 aliphatic rings. The molecule has 128 valence electrons. The summed E-state index contributed by atoms with van der Waals surface area (Å²) < 4.78 is 15.0. The normalized spacial score (nSPS) is 14.8. The molecule has 1 fully saturated rings. The van der Waals surface area contributed by atoms with Gasteiger partial charge >= 0.3 is 0 Å². The molecular weight excluding hydrogens is 311 g/mol. The van der Waals surface area contributed by atoms with Gasteiger partial charge in [-0.25, -0.2) is 4.39 Å². The number of carbonyl (C=O) groups is 1. The molecule has 1 amide bonds. The number of piperazine rings is 1. The van der Waals surface area contributed by atoms with Crippen molar-refractivity contribution in [1.82, 2.24) is 19.7 Å². The zero-order valence-electron chi connectivity index (χ0n) is 14.1. The molecular formula is C16H21FN6O. The van der Waals surface area contributed by atoms with E-state index < -0.39 is 0 Å². The van der Waals surface area contributed by atoms with Crippen LogP contribution in [0.1, 0.15) is 6.92 Å². The Bertz CT molecular complexity index is 721. The standard InChI is InChI=1S/C16H21FN6O/c1-12(24)22-8-10-23(11-9-22)16-19-18-15(21(16)3)20(2)14-6-4-13(17)5-7-14/h4-7H,8-11H2,1-3H3. The number of carbonyl (C=O) groups excluding carboxylic acids is 1. The summed E-state index contributed by atoms with van der Waals surface area (Å²) >= 11 is 0. The molecule has 1 aromatic carbocycles. The first-order chi connectivity index (χ1) is 11.5. The maximum atomic E-state index is 13.1. The summed E-state index contributed by atoms with van der Waals surface area (Å²) in [5, 5.41) is 8.56. The molecule has 24 heavy (non-hydrogen) atoms. The van der Waals surface area contributed by atoms with Crippen LogP contribution in [0.4, 0.5) is 22.0 Å². The van der Waals surface area contributed by atoms with Gasteiger partial charge in [0, 0.05) is 52.9 Å². The second kappa shape index (κ2) is 6.46. The minimum Gasteiger partial charge on any atom is -0.339 e. The first kappa shape index (κ1) is 16.2. The quantitative estimate of drug-likeness (QED) is 0.850. The molecule has 0 aliphatic carbocycles. The van der Waals surface area contributed by atoms with E-state index in [0.717, 1.165) is 24.7 Å². The van der Waals surface area contributed by atoms with Crippen LogP contribution in [-0.2, 0) is 11.8 Å². The lowest BCUT2D eigenvalue weighted by Gasteiger charge is -2.34. The molecule has 2 aromatic rings. The summed E-state index contributed by atoms with van der Waals surface area (Å²) in [5.41, 5.74) is 0.833. The van der Waals surface area contributed by atoms with Crippen LogP contribution in [0.2, 0.25) is 0 Å². The van der Waals surface area contributed by atoms with Crippen molar-refractivity contribution in [1.29, 1.82) is 0 Å². The molecule has 0 bridgehead atoms. The Hall–Kier alpha value is -2.64. The summed E-state index contributed by atoms with van der Waals surface area (Å²) in [6, 6.07) is 6.25. The van der Waals surface area contributed by atoms with Gasteiger partial charge in [0.2, 0.25) is 17.8 Å². The molecule has 1 aliphatic heterocycles. The number of anilines is 3. The highest BCUT2D eigenvalue weighted by atomic mass is 19.1. The average Bonchev–Trinajstić information content (AvgIpc) is 2.96. The first-order valence-corrected chi connectivity index (χ1v) is 7.86. The van der Waals surface area contributed by atoms with Gasteiger partial charge in [-0.3, -0.25) is 9.36 Å². The third-order valence-electron chi connectivity index (χ3n) is 4.35. The second-order valence-corrected chi connectivity index (χ2v) is 5.89. The Kier molecular flexibility index (Phi) is 4.37. The Balaban J connectivity index is 1.76. The molecule has 7 nitrogen and oxygen atoms in total. The maximum absolute atomic E-state index is 13.1. The van der Waals surface area contributed by atoms with Crippen LogP contribution in [0.25, 0.3) is 0 Å². The molecule has 3 rings (SSSR count). The van der Waals surface area contributed by atoms with Crippen molar-refractivity contribution in [2.45, 2.75) is 6.92 Å². The van der Waals surface area contributed by atoms with Crippen LogP contribution >= 0.6 is 0 Å².